The summed E-state index contributed by atoms with van der Waals surface area (Å²) in [5.74, 6) is 0. The van der Waals surface area contributed by atoms with E-state index in [0.717, 1.165) is 12.8 Å². The lowest BCUT2D eigenvalue weighted by Gasteiger charge is -2.38. The zero-order valence-corrected chi connectivity index (χ0v) is 10.7. The summed E-state index contributed by atoms with van der Waals surface area (Å²) in [5.41, 5.74) is 1.22. The molecule has 0 radical (unpaired) electrons. The van der Waals surface area contributed by atoms with Gasteiger partial charge in [-0.05, 0) is 30.0 Å². The first-order valence-electron chi connectivity index (χ1n) is 6.22. The molecule has 0 bridgehead atoms. The van der Waals surface area contributed by atoms with Crippen LogP contribution in [-0.4, -0.2) is 11.8 Å². The highest BCUT2D eigenvalue weighted by atomic mass is 35.5. The number of benzene rings is 1. The number of carbonyl (C=O) groups is 1. The zero-order chi connectivity index (χ0) is 12.1. The Bertz CT molecular complexity index is 371. The van der Waals surface area contributed by atoms with Crippen LogP contribution in [0.5, 0.6) is 0 Å². The van der Waals surface area contributed by atoms with Gasteiger partial charge < -0.3 is 0 Å². The van der Waals surface area contributed by atoms with Gasteiger partial charge in [-0.2, -0.15) is 0 Å². The molecule has 0 saturated heterocycles. The van der Waals surface area contributed by atoms with Crippen LogP contribution in [0.25, 0.3) is 0 Å². The van der Waals surface area contributed by atoms with Crippen LogP contribution in [0.2, 0.25) is 0 Å². The first-order valence-corrected chi connectivity index (χ1v) is 6.60. The zero-order valence-electron chi connectivity index (χ0n) is 9.92. The van der Waals surface area contributed by atoms with E-state index in [0.29, 0.717) is 0 Å². The van der Waals surface area contributed by atoms with E-state index in [1.54, 1.807) is 0 Å². The van der Waals surface area contributed by atoms with Gasteiger partial charge in [0.25, 0.3) is 0 Å². The van der Waals surface area contributed by atoms with Gasteiger partial charge in [0.1, 0.15) is 0 Å². The summed E-state index contributed by atoms with van der Waals surface area (Å²) in [6, 6.07) is 10.4. The maximum atomic E-state index is 11.0. The van der Waals surface area contributed by atoms with E-state index in [-0.39, 0.29) is 17.3 Å². The normalized spacial score (nSPS) is 18.9. The molecule has 1 aromatic carbocycles. The quantitative estimate of drug-likeness (QED) is 0.833. The SMILES string of the molecule is O=C(Cl)CNC1(c2ccccc2)CCCCC1. The molecule has 2 rings (SSSR count). The van der Waals surface area contributed by atoms with Gasteiger partial charge in [0.15, 0.2) is 0 Å². The largest absolute Gasteiger partial charge is 0.299 e. The molecule has 0 aromatic heterocycles. The van der Waals surface area contributed by atoms with Gasteiger partial charge in [-0.25, -0.2) is 0 Å². The maximum absolute atomic E-state index is 11.0. The molecule has 17 heavy (non-hydrogen) atoms. The van der Waals surface area contributed by atoms with Gasteiger partial charge in [0.05, 0.1) is 6.54 Å². The molecule has 0 heterocycles. The van der Waals surface area contributed by atoms with Crippen LogP contribution in [0.1, 0.15) is 37.7 Å². The molecule has 92 valence electrons. The highest BCUT2D eigenvalue weighted by Gasteiger charge is 2.33. The Morgan fingerprint density at radius 3 is 2.41 bits per heavy atom. The minimum absolute atomic E-state index is 0.0515. The molecule has 1 N–H and O–H groups in total. The molecule has 3 heteroatoms. The van der Waals surface area contributed by atoms with Crippen molar-refractivity contribution in [1.82, 2.24) is 5.32 Å². The molecule has 1 fully saturated rings. The maximum Gasteiger partial charge on any atom is 0.235 e. The third kappa shape index (κ3) is 3.08. The number of rotatable bonds is 4. The average molecular weight is 252 g/mol. The molecule has 1 aliphatic rings. The second-order valence-corrected chi connectivity index (χ2v) is 5.14. The summed E-state index contributed by atoms with van der Waals surface area (Å²) in [6.45, 7) is 0.246. The lowest BCUT2D eigenvalue weighted by molar-refractivity contribution is -0.111. The smallest absolute Gasteiger partial charge is 0.235 e. The van der Waals surface area contributed by atoms with E-state index in [2.05, 4.69) is 29.6 Å². The van der Waals surface area contributed by atoms with Crippen molar-refractivity contribution in [3.8, 4) is 0 Å². The molecular weight excluding hydrogens is 234 g/mol. The average Bonchev–Trinajstić information content (AvgIpc) is 2.39. The Labute approximate surface area is 107 Å². The second-order valence-electron chi connectivity index (χ2n) is 4.72. The molecule has 2 nitrogen and oxygen atoms in total. The van der Waals surface area contributed by atoms with E-state index in [4.69, 9.17) is 11.6 Å². The summed E-state index contributed by atoms with van der Waals surface area (Å²) in [6.07, 6.45) is 5.87. The van der Waals surface area contributed by atoms with Crippen molar-refractivity contribution in [2.75, 3.05) is 6.54 Å². The molecule has 1 saturated carbocycles. The van der Waals surface area contributed by atoms with E-state index in [1.807, 2.05) is 6.07 Å². The van der Waals surface area contributed by atoms with Crippen molar-refractivity contribution in [2.45, 2.75) is 37.6 Å². The topological polar surface area (TPSA) is 29.1 Å². The summed E-state index contributed by atoms with van der Waals surface area (Å²) >= 11 is 5.45. The minimum Gasteiger partial charge on any atom is -0.299 e. The molecule has 0 aliphatic heterocycles. The monoisotopic (exact) mass is 251 g/mol. The van der Waals surface area contributed by atoms with E-state index < -0.39 is 0 Å². The van der Waals surface area contributed by atoms with Gasteiger partial charge in [-0.1, -0.05) is 49.6 Å². The van der Waals surface area contributed by atoms with Crippen LogP contribution in [0.3, 0.4) is 0 Å². The third-order valence-electron chi connectivity index (χ3n) is 3.60. The van der Waals surface area contributed by atoms with Gasteiger partial charge in [-0.3, -0.25) is 10.1 Å². The van der Waals surface area contributed by atoms with Crippen LogP contribution < -0.4 is 5.32 Å². The summed E-state index contributed by atoms with van der Waals surface area (Å²) in [7, 11) is 0. The van der Waals surface area contributed by atoms with Crippen molar-refractivity contribution in [3.63, 3.8) is 0 Å². The summed E-state index contributed by atoms with van der Waals surface area (Å²) < 4.78 is 0. The van der Waals surface area contributed by atoms with Crippen LogP contribution in [0.15, 0.2) is 30.3 Å². The van der Waals surface area contributed by atoms with Crippen LogP contribution in [0.4, 0.5) is 0 Å². The molecule has 0 atom stereocenters. The molecular formula is C14H18ClNO. The van der Waals surface area contributed by atoms with Gasteiger partial charge in [-0.15, -0.1) is 0 Å². The Morgan fingerprint density at radius 2 is 1.82 bits per heavy atom. The Balaban J connectivity index is 2.20. The molecule has 0 amide bonds. The first kappa shape index (κ1) is 12.6. The predicted molar refractivity (Wildman–Crippen MR) is 70.1 cm³/mol. The van der Waals surface area contributed by atoms with Crippen molar-refractivity contribution in [1.29, 1.82) is 0 Å². The van der Waals surface area contributed by atoms with E-state index in [9.17, 15) is 4.79 Å². The Morgan fingerprint density at radius 1 is 1.18 bits per heavy atom. The van der Waals surface area contributed by atoms with Crippen LogP contribution in [-0.2, 0) is 10.3 Å². The van der Waals surface area contributed by atoms with E-state index in [1.165, 1.54) is 24.8 Å². The van der Waals surface area contributed by atoms with Gasteiger partial charge >= 0.3 is 0 Å². The lowest BCUT2D eigenvalue weighted by Crippen LogP contribution is -2.45. The molecule has 1 aromatic rings. The molecule has 0 unspecified atom stereocenters. The first-order chi connectivity index (χ1) is 8.23. The van der Waals surface area contributed by atoms with Crippen molar-refractivity contribution >= 4 is 16.8 Å². The number of carbonyl (C=O) groups excluding carboxylic acids is 1. The summed E-state index contributed by atoms with van der Waals surface area (Å²) in [5, 5.41) is 3.06. The lowest BCUT2D eigenvalue weighted by atomic mass is 9.76. The number of hydrogen-bond donors (Lipinski definition) is 1. The molecule has 1 aliphatic carbocycles. The fourth-order valence-corrected chi connectivity index (χ4v) is 2.79. The highest BCUT2D eigenvalue weighted by molar-refractivity contribution is 6.64. The number of nitrogens with one attached hydrogen (secondary N) is 1. The standard InChI is InChI=1S/C14H18ClNO/c15-13(17)11-16-14(9-5-2-6-10-14)12-7-3-1-4-8-12/h1,3-4,7-8,16H,2,5-6,9-11H2. The van der Waals surface area contributed by atoms with Gasteiger partial charge in [0.2, 0.25) is 5.24 Å². The minimum atomic E-state index is -0.314. The fraction of sp³-hybridized carbons (Fsp3) is 0.500. The van der Waals surface area contributed by atoms with Crippen molar-refractivity contribution in [2.24, 2.45) is 0 Å². The van der Waals surface area contributed by atoms with Crippen LogP contribution >= 0.6 is 11.6 Å². The van der Waals surface area contributed by atoms with Crippen molar-refractivity contribution in [3.05, 3.63) is 35.9 Å². The van der Waals surface area contributed by atoms with Gasteiger partial charge in [0, 0.05) is 5.54 Å². The predicted octanol–water partition coefficient (Wildman–Crippen LogP) is 3.20. The Kier molecular flexibility index (Phi) is 4.19. The second kappa shape index (κ2) is 5.65. The molecule has 0 spiro atoms. The summed E-state index contributed by atoms with van der Waals surface area (Å²) in [4.78, 5) is 11.0. The number of hydrogen-bond acceptors (Lipinski definition) is 2. The number of halogens is 1. The van der Waals surface area contributed by atoms with Crippen molar-refractivity contribution < 1.29 is 4.79 Å². The highest BCUT2D eigenvalue weighted by Crippen LogP contribution is 2.36. The third-order valence-corrected chi connectivity index (χ3v) is 3.73. The van der Waals surface area contributed by atoms with E-state index >= 15 is 0 Å². The van der Waals surface area contributed by atoms with Crippen LogP contribution in [0, 0.1) is 0 Å². The fourth-order valence-electron chi connectivity index (χ4n) is 2.72. The Hall–Kier alpha value is -0.860.